The molecule has 0 heterocycles. The first kappa shape index (κ1) is 15.7. The van der Waals surface area contributed by atoms with E-state index in [1.165, 1.54) is 0 Å². The number of carboxylic acid groups (broad SMARTS) is 1. The molecule has 0 radical (unpaired) electrons. The Morgan fingerprint density at radius 1 is 1.42 bits per heavy atom. The van der Waals surface area contributed by atoms with Crippen molar-refractivity contribution < 1.29 is 14.7 Å². The number of hydrogen-bond acceptors (Lipinski definition) is 2. The number of hydrogen-bond donors (Lipinski definition) is 3. The quantitative estimate of drug-likeness (QED) is 0.692. The van der Waals surface area contributed by atoms with Crippen molar-refractivity contribution in [3.05, 3.63) is 27.3 Å². The number of anilines is 1. The second-order valence-electron chi connectivity index (χ2n) is 4.19. The number of rotatable bonds is 5. The maximum absolute atomic E-state index is 11.8. The molecule has 19 heavy (non-hydrogen) atoms. The molecule has 1 aromatic carbocycles. The minimum absolute atomic E-state index is 0.411. The Labute approximate surface area is 125 Å². The van der Waals surface area contributed by atoms with Gasteiger partial charge in [0.05, 0.1) is 0 Å². The first-order valence-electron chi connectivity index (χ1n) is 6.01. The van der Waals surface area contributed by atoms with Crippen molar-refractivity contribution >= 4 is 40.3 Å². The van der Waals surface area contributed by atoms with Crippen LogP contribution in [0.1, 0.15) is 25.3 Å². The number of nitrogens with one attached hydrogen (secondary N) is 2. The Hall–Kier alpha value is -1.31. The van der Waals surface area contributed by atoms with Gasteiger partial charge in [0.25, 0.3) is 0 Å². The summed E-state index contributed by atoms with van der Waals surface area (Å²) in [6, 6.07) is 4.22. The maximum Gasteiger partial charge on any atom is 0.326 e. The Bertz CT molecular complexity index is 477. The lowest BCUT2D eigenvalue weighted by Gasteiger charge is -2.15. The van der Waals surface area contributed by atoms with Gasteiger partial charge in [-0.15, -0.1) is 0 Å². The van der Waals surface area contributed by atoms with Crippen LogP contribution < -0.4 is 10.6 Å². The van der Waals surface area contributed by atoms with Crippen LogP contribution in [-0.2, 0) is 4.79 Å². The fourth-order valence-corrected chi connectivity index (χ4v) is 2.10. The molecule has 0 saturated heterocycles. The van der Waals surface area contributed by atoms with Crippen LogP contribution in [0.4, 0.5) is 10.5 Å². The van der Waals surface area contributed by atoms with E-state index < -0.39 is 18.0 Å². The highest BCUT2D eigenvalue weighted by Gasteiger charge is 2.19. The standard InChI is InChI=1S/C13H17IN2O3/c1-3-5-11(12(17)18)16-13(19)15-10-7-4-6-9(14)8(10)2/h4,6-7,11H,3,5H2,1-2H3,(H,17,18)(H2,15,16,19)/t11-/m0/s1. The van der Waals surface area contributed by atoms with E-state index in [4.69, 9.17) is 5.11 Å². The lowest BCUT2D eigenvalue weighted by molar-refractivity contribution is -0.139. The second-order valence-corrected chi connectivity index (χ2v) is 5.35. The number of carboxylic acids is 1. The average Bonchev–Trinajstić information content (AvgIpc) is 2.34. The number of carbonyl (C=O) groups is 2. The van der Waals surface area contributed by atoms with Crippen LogP contribution in [0, 0.1) is 10.5 Å². The van der Waals surface area contributed by atoms with E-state index in [-0.39, 0.29) is 0 Å². The highest BCUT2D eigenvalue weighted by molar-refractivity contribution is 14.1. The van der Waals surface area contributed by atoms with Crippen LogP contribution in [-0.4, -0.2) is 23.1 Å². The molecule has 0 saturated carbocycles. The van der Waals surface area contributed by atoms with Crippen molar-refractivity contribution in [2.75, 3.05) is 5.32 Å². The van der Waals surface area contributed by atoms with Gasteiger partial charge in [-0.05, 0) is 53.6 Å². The third kappa shape index (κ3) is 4.70. The van der Waals surface area contributed by atoms with Crippen LogP contribution in [0.5, 0.6) is 0 Å². The smallest absolute Gasteiger partial charge is 0.326 e. The van der Waals surface area contributed by atoms with Gasteiger partial charge in [0.1, 0.15) is 6.04 Å². The van der Waals surface area contributed by atoms with E-state index in [9.17, 15) is 9.59 Å². The van der Waals surface area contributed by atoms with Crippen molar-refractivity contribution in [3.63, 3.8) is 0 Å². The Morgan fingerprint density at radius 3 is 2.68 bits per heavy atom. The summed E-state index contributed by atoms with van der Waals surface area (Å²) in [5.74, 6) is -1.02. The summed E-state index contributed by atoms with van der Waals surface area (Å²) in [5, 5.41) is 14.1. The Balaban J connectivity index is 2.69. The van der Waals surface area contributed by atoms with Gasteiger partial charge >= 0.3 is 12.0 Å². The Kier molecular flexibility index (Phi) is 6.07. The zero-order valence-electron chi connectivity index (χ0n) is 10.9. The van der Waals surface area contributed by atoms with Crippen LogP contribution in [0.25, 0.3) is 0 Å². The fraction of sp³-hybridized carbons (Fsp3) is 0.385. The average molecular weight is 376 g/mol. The van der Waals surface area contributed by atoms with E-state index in [2.05, 4.69) is 33.2 Å². The molecule has 5 nitrogen and oxygen atoms in total. The normalized spacial score (nSPS) is 11.7. The first-order chi connectivity index (χ1) is 8.95. The molecule has 1 atom stereocenters. The number of amides is 2. The lowest BCUT2D eigenvalue weighted by Crippen LogP contribution is -2.43. The largest absolute Gasteiger partial charge is 0.480 e. The summed E-state index contributed by atoms with van der Waals surface area (Å²) in [5.41, 5.74) is 1.64. The molecule has 0 bridgehead atoms. The lowest BCUT2D eigenvalue weighted by atomic mass is 10.2. The zero-order valence-corrected chi connectivity index (χ0v) is 13.0. The van der Waals surface area contributed by atoms with Gasteiger partial charge in [-0.25, -0.2) is 9.59 Å². The van der Waals surface area contributed by atoms with E-state index in [1.807, 2.05) is 26.0 Å². The Morgan fingerprint density at radius 2 is 2.11 bits per heavy atom. The van der Waals surface area contributed by atoms with Crippen molar-refractivity contribution in [2.45, 2.75) is 32.7 Å². The summed E-state index contributed by atoms with van der Waals surface area (Å²) < 4.78 is 1.04. The van der Waals surface area contributed by atoms with Gasteiger partial charge in [0.2, 0.25) is 0 Å². The summed E-state index contributed by atoms with van der Waals surface area (Å²) in [6.45, 7) is 3.78. The van der Waals surface area contributed by atoms with Gasteiger partial charge in [0, 0.05) is 9.26 Å². The second kappa shape index (κ2) is 7.32. The maximum atomic E-state index is 11.8. The zero-order chi connectivity index (χ0) is 14.4. The molecule has 104 valence electrons. The third-order valence-corrected chi connectivity index (χ3v) is 3.87. The van der Waals surface area contributed by atoms with E-state index in [0.29, 0.717) is 18.5 Å². The van der Waals surface area contributed by atoms with E-state index >= 15 is 0 Å². The molecule has 0 aliphatic heterocycles. The van der Waals surface area contributed by atoms with Crippen molar-refractivity contribution in [3.8, 4) is 0 Å². The van der Waals surface area contributed by atoms with Crippen molar-refractivity contribution in [1.29, 1.82) is 0 Å². The topological polar surface area (TPSA) is 78.4 Å². The van der Waals surface area contributed by atoms with Crippen LogP contribution in [0.15, 0.2) is 18.2 Å². The third-order valence-electron chi connectivity index (χ3n) is 2.70. The number of aliphatic carboxylic acids is 1. The van der Waals surface area contributed by atoms with Crippen molar-refractivity contribution in [1.82, 2.24) is 5.32 Å². The molecule has 0 spiro atoms. The highest BCUT2D eigenvalue weighted by Crippen LogP contribution is 2.20. The minimum atomic E-state index is -1.02. The summed E-state index contributed by atoms with van der Waals surface area (Å²) in [6.07, 6.45) is 1.10. The summed E-state index contributed by atoms with van der Waals surface area (Å²) in [7, 11) is 0. The van der Waals surface area contributed by atoms with Gasteiger partial charge in [0.15, 0.2) is 0 Å². The number of carbonyl (C=O) groups excluding carboxylic acids is 1. The number of halogens is 1. The predicted octanol–water partition coefficient (Wildman–Crippen LogP) is 2.97. The molecular formula is C13H17IN2O3. The number of benzene rings is 1. The summed E-state index contributed by atoms with van der Waals surface area (Å²) in [4.78, 5) is 22.7. The van der Waals surface area contributed by atoms with Gasteiger partial charge < -0.3 is 15.7 Å². The summed E-state index contributed by atoms with van der Waals surface area (Å²) >= 11 is 2.18. The molecule has 1 rings (SSSR count). The fourth-order valence-electron chi connectivity index (χ4n) is 1.61. The predicted molar refractivity (Wildman–Crippen MR) is 82.4 cm³/mol. The molecule has 2 amide bonds. The first-order valence-corrected chi connectivity index (χ1v) is 7.09. The molecule has 1 aromatic rings. The molecule has 3 N–H and O–H groups in total. The monoisotopic (exact) mass is 376 g/mol. The van der Waals surface area contributed by atoms with E-state index in [1.54, 1.807) is 6.07 Å². The van der Waals surface area contributed by atoms with Crippen molar-refractivity contribution in [2.24, 2.45) is 0 Å². The molecule has 0 fully saturated rings. The minimum Gasteiger partial charge on any atom is -0.480 e. The van der Waals surface area contributed by atoms with Gasteiger partial charge in [-0.1, -0.05) is 19.4 Å². The van der Waals surface area contributed by atoms with Gasteiger partial charge in [-0.3, -0.25) is 0 Å². The van der Waals surface area contributed by atoms with E-state index in [0.717, 1.165) is 9.13 Å². The molecule has 6 heteroatoms. The molecule has 0 aliphatic carbocycles. The van der Waals surface area contributed by atoms with Crippen LogP contribution >= 0.6 is 22.6 Å². The van der Waals surface area contributed by atoms with Gasteiger partial charge in [-0.2, -0.15) is 0 Å². The van der Waals surface area contributed by atoms with Crippen LogP contribution in [0.3, 0.4) is 0 Å². The highest BCUT2D eigenvalue weighted by atomic mass is 127. The molecular weight excluding hydrogens is 359 g/mol. The molecule has 0 aromatic heterocycles. The molecule has 0 unspecified atom stereocenters. The molecule has 0 aliphatic rings. The SMILES string of the molecule is CCC[C@H](NC(=O)Nc1cccc(I)c1C)C(=O)O. The number of urea groups is 1. The van der Waals surface area contributed by atoms with Crippen LogP contribution in [0.2, 0.25) is 0 Å².